The molecule has 0 aliphatic heterocycles. The van der Waals surface area contributed by atoms with E-state index in [1.54, 1.807) is 0 Å². The lowest BCUT2D eigenvalue weighted by Crippen LogP contribution is -2.29. The standard InChI is InChI=1S/C13H10Br2F2N2/c14-8-1-2-12(15)11(5-8)13(19-18)7-3-9(16)6-10(17)4-7/h1-6,13,19H,18H2. The molecule has 0 aliphatic carbocycles. The third-order valence-electron chi connectivity index (χ3n) is 2.65. The molecule has 3 N–H and O–H groups in total. The molecule has 0 heterocycles. The fourth-order valence-corrected chi connectivity index (χ4v) is 2.70. The van der Waals surface area contributed by atoms with E-state index >= 15 is 0 Å². The zero-order valence-electron chi connectivity index (χ0n) is 9.63. The van der Waals surface area contributed by atoms with Crippen molar-refractivity contribution in [1.29, 1.82) is 0 Å². The van der Waals surface area contributed by atoms with Crippen molar-refractivity contribution < 1.29 is 8.78 Å². The van der Waals surface area contributed by atoms with Crippen molar-refractivity contribution in [3.05, 3.63) is 68.1 Å². The van der Waals surface area contributed by atoms with Crippen LogP contribution < -0.4 is 11.3 Å². The minimum absolute atomic E-state index is 0.416. The number of halogens is 4. The van der Waals surface area contributed by atoms with Crippen LogP contribution in [-0.4, -0.2) is 0 Å². The summed E-state index contributed by atoms with van der Waals surface area (Å²) in [5.41, 5.74) is 3.77. The van der Waals surface area contributed by atoms with Crippen LogP contribution in [0.1, 0.15) is 17.2 Å². The van der Waals surface area contributed by atoms with Gasteiger partial charge in [-0.3, -0.25) is 5.84 Å². The maximum atomic E-state index is 13.3. The Balaban J connectivity index is 2.52. The molecule has 0 aromatic heterocycles. The molecule has 0 fully saturated rings. The van der Waals surface area contributed by atoms with Gasteiger partial charge in [-0.15, -0.1) is 0 Å². The van der Waals surface area contributed by atoms with Crippen LogP contribution in [0.2, 0.25) is 0 Å². The predicted octanol–water partition coefficient (Wildman–Crippen LogP) is 4.04. The topological polar surface area (TPSA) is 38.0 Å². The summed E-state index contributed by atoms with van der Waals surface area (Å²) in [6.45, 7) is 0. The van der Waals surface area contributed by atoms with E-state index in [1.807, 2.05) is 18.2 Å². The van der Waals surface area contributed by atoms with Crippen LogP contribution in [0.15, 0.2) is 45.3 Å². The van der Waals surface area contributed by atoms with Gasteiger partial charge in [0.25, 0.3) is 0 Å². The first-order valence-electron chi connectivity index (χ1n) is 5.38. The molecule has 6 heteroatoms. The Kier molecular flexibility index (Phi) is 4.67. The van der Waals surface area contributed by atoms with Gasteiger partial charge in [-0.1, -0.05) is 31.9 Å². The van der Waals surface area contributed by atoms with E-state index in [2.05, 4.69) is 37.3 Å². The van der Waals surface area contributed by atoms with Gasteiger partial charge < -0.3 is 0 Å². The van der Waals surface area contributed by atoms with E-state index in [0.717, 1.165) is 20.6 Å². The fourth-order valence-electron chi connectivity index (χ4n) is 1.84. The summed E-state index contributed by atoms with van der Waals surface area (Å²) in [4.78, 5) is 0. The lowest BCUT2D eigenvalue weighted by atomic mass is 9.99. The maximum Gasteiger partial charge on any atom is 0.126 e. The average molecular weight is 392 g/mol. The van der Waals surface area contributed by atoms with Gasteiger partial charge in [0.15, 0.2) is 0 Å². The molecule has 0 bridgehead atoms. The van der Waals surface area contributed by atoms with Gasteiger partial charge in [0.1, 0.15) is 11.6 Å². The van der Waals surface area contributed by atoms with E-state index in [-0.39, 0.29) is 0 Å². The molecule has 0 amide bonds. The Morgan fingerprint density at radius 3 is 2.21 bits per heavy atom. The lowest BCUT2D eigenvalue weighted by molar-refractivity contribution is 0.565. The average Bonchev–Trinajstić information content (AvgIpc) is 2.33. The Bertz CT molecular complexity index is 585. The Labute approximate surface area is 126 Å². The van der Waals surface area contributed by atoms with Gasteiger partial charge >= 0.3 is 0 Å². The minimum atomic E-state index is -0.638. The number of benzene rings is 2. The molecule has 100 valence electrons. The van der Waals surface area contributed by atoms with Gasteiger partial charge in [0, 0.05) is 15.0 Å². The summed E-state index contributed by atoms with van der Waals surface area (Å²) in [6.07, 6.45) is 0. The highest BCUT2D eigenvalue weighted by molar-refractivity contribution is 9.11. The minimum Gasteiger partial charge on any atom is -0.271 e. The molecule has 0 radical (unpaired) electrons. The summed E-state index contributed by atoms with van der Waals surface area (Å²) >= 11 is 6.76. The Morgan fingerprint density at radius 2 is 1.63 bits per heavy atom. The second-order valence-corrected chi connectivity index (χ2v) is 5.74. The van der Waals surface area contributed by atoms with Crippen molar-refractivity contribution in [3.63, 3.8) is 0 Å². The number of hydrogen-bond donors (Lipinski definition) is 2. The summed E-state index contributed by atoms with van der Waals surface area (Å²) in [5.74, 6) is 4.25. The molecular weight excluding hydrogens is 382 g/mol. The van der Waals surface area contributed by atoms with Crippen LogP contribution in [0, 0.1) is 11.6 Å². The third-order valence-corrected chi connectivity index (χ3v) is 3.87. The van der Waals surface area contributed by atoms with Gasteiger partial charge in [0.05, 0.1) is 6.04 Å². The predicted molar refractivity (Wildman–Crippen MR) is 77.4 cm³/mol. The van der Waals surface area contributed by atoms with Crippen molar-refractivity contribution in [1.82, 2.24) is 5.43 Å². The molecule has 0 saturated carbocycles. The quantitative estimate of drug-likeness (QED) is 0.612. The Morgan fingerprint density at radius 1 is 1.00 bits per heavy atom. The van der Waals surface area contributed by atoms with Crippen LogP contribution in [0.3, 0.4) is 0 Å². The molecule has 2 rings (SSSR count). The van der Waals surface area contributed by atoms with Gasteiger partial charge in [0.2, 0.25) is 0 Å². The van der Waals surface area contributed by atoms with Gasteiger partial charge in [-0.2, -0.15) is 0 Å². The molecule has 2 aromatic carbocycles. The summed E-state index contributed by atoms with van der Waals surface area (Å²) < 4.78 is 28.2. The van der Waals surface area contributed by atoms with Crippen LogP contribution in [0.25, 0.3) is 0 Å². The molecule has 2 aromatic rings. The largest absolute Gasteiger partial charge is 0.271 e. The fraction of sp³-hybridized carbons (Fsp3) is 0.0769. The van der Waals surface area contributed by atoms with Crippen molar-refractivity contribution in [3.8, 4) is 0 Å². The van der Waals surface area contributed by atoms with Crippen LogP contribution in [-0.2, 0) is 0 Å². The van der Waals surface area contributed by atoms with Crippen molar-refractivity contribution in [2.75, 3.05) is 0 Å². The SMILES string of the molecule is NNC(c1cc(F)cc(F)c1)c1cc(Br)ccc1Br. The monoisotopic (exact) mass is 390 g/mol. The second kappa shape index (κ2) is 6.09. The number of hydrogen-bond acceptors (Lipinski definition) is 2. The maximum absolute atomic E-state index is 13.3. The molecule has 1 atom stereocenters. The van der Waals surface area contributed by atoms with Crippen molar-refractivity contribution in [2.45, 2.75) is 6.04 Å². The number of hydrazine groups is 1. The van der Waals surface area contributed by atoms with Crippen LogP contribution in [0.5, 0.6) is 0 Å². The molecule has 1 unspecified atom stereocenters. The van der Waals surface area contributed by atoms with E-state index in [1.165, 1.54) is 12.1 Å². The first kappa shape index (κ1) is 14.6. The molecular formula is C13H10Br2F2N2. The highest BCUT2D eigenvalue weighted by Gasteiger charge is 2.17. The van der Waals surface area contributed by atoms with E-state index in [4.69, 9.17) is 5.84 Å². The zero-order chi connectivity index (χ0) is 14.0. The third kappa shape index (κ3) is 3.39. The number of nitrogens with two attached hydrogens (primary N) is 1. The lowest BCUT2D eigenvalue weighted by Gasteiger charge is -2.19. The number of nitrogens with one attached hydrogen (secondary N) is 1. The first-order valence-corrected chi connectivity index (χ1v) is 6.97. The van der Waals surface area contributed by atoms with E-state index < -0.39 is 17.7 Å². The smallest absolute Gasteiger partial charge is 0.126 e. The van der Waals surface area contributed by atoms with Crippen molar-refractivity contribution >= 4 is 31.9 Å². The highest BCUT2D eigenvalue weighted by Crippen LogP contribution is 2.31. The molecule has 2 nitrogen and oxygen atoms in total. The van der Waals surface area contributed by atoms with Gasteiger partial charge in [-0.05, 0) is 41.5 Å². The Hall–Kier alpha value is -0.820. The zero-order valence-corrected chi connectivity index (χ0v) is 12.8. The highest BCUT2D eigenvalue weighted by atomic mass is 79.9. The molecule has 0 aliphatic rings. The first-order chi connectivity index (χ1) is 9.01. The van der Waals surface area contributed by atoms with E-state index in [9.17, 15) is 8.78 Å². The number of rotatable bonds is 3. The summed E-state index contributed by atoms with van der Waals surface area (Å²) in [6, 6.07) is 8.33. The van der Waals surface area contributed by atoms with E-state index in [0.29, 0.717) is 5.56 Å². The molecule has 19 heavy (non-hydrogen) atoms. The molecule has 0 saturated heterocycles. The summed E-state index contributed by atoms with van der Waals surface area (Å²) in [5, 5.41) is 0. The normalized spacial score (nSPS) is 12.5. The van der Waals surface area contributed by atoms with Crippen LogP contribution in [0.4, 0.5) is 8.78 Å². The molecule has 0 spiro atoms. The summed E-state index contributed by atoms with van der Waals surface area (Å²) in [7, 11) is 0. The van der Waals surface area contributed by atoms with Gasteiger partial charge in [-0.25, -0.2) is 14.2 Å². The van der Waals surface area contributed by atoms with Crippen molar-refractivity contribution in [2.24, 2.45) is 5.84 Å². The van der Waals surface area contributed by atoms with Crippen LogP contribution >= 0.6 is 31.9 Å². The second-order valence-electron chi connectivity index (χ2n) is 3.97.